The zero-order valence-electron chi connectivity index (χ0n) is 16.8. The first-order valence-corrected chi connectivity index (χ1v) is 9.97. The van der Waals surface area contributed by atoms with Gasteiger partial charge in [0.2, 0.25) is 11.7 Å². The van der Waals surface area contributed by atoms with Gasteiger partial charge in [-0.15, -0.1) is 0 Å². The number of nitrogens with zero attached hydrogens (tertiary/aromatic N) is 2. The molecule has 0 bridgehead atoms. The second-order valence-electron chi connectivity index (χ2n) is 7.39. The van der Waals surface area contributed by atoms with Gasteiger partial charge in [0, 0.05) is 38.6 Å². The van der Waals surface area contributed by atoms with Gasteiger partial charge in [-0.25, -0.2) is 0 Å². The number of benzene rings is 1. The summed E-state index contributed by atoms with van der Waals surface area (Å²) >= 11 is 0. The number of piperazine rings is 1. The molecule has 2 fully saturated rings. The Kier molecular flexibility index (Phi) is 6.83. The van der Waals surface area contributed by atoms with Gasteiger partial charge in [-0.1, -0.05) is 12.8 Å². The van der Waals surface area contributed by atoms with Crippen LogP contribution in [0.5, 0.6) is 17.2 Å². The normalized spacial score (nSPS) is 18.6. The van der Waals surface area contributed by atoms with Crippen LogP contribution in [0.4, 0.5) is 0 Å². The van der Waals surface area contributed by atoms with E-state index in [2.05, 4.69) is 4.90 Å². The van der Waals surface area contributed by atoms with E-state index >= 15 is 0 Å². The minimum absolute atomic E-state index is 0.231. The third-order valence-electron chi connectivity index (χ3n) is 5.86. The van der Waals surface area contributed by atoms with E-state index in [-0.39, 0.29) is 5.91 Å². The number of methoxy groups -OCH3 is 3. The van der Waals surface area contributed by atoms with Crippen LogP contribution in [-0.4, -0.2) is 69.3 Å². The third kappa shape index (κ3) is 4.67. The lowest BCUT2D eigenvalue weighted by Crippen LogP contribution is -2.51. The van der Waals surface area contributed by atoms with Crippen molar-refractivity contribution in [2.45, 2.75) is 44.6 Å². The summed E-state index contributed by atoms with van der Waals surface area (Å²) in [6, 6.07) is 4.60. The summed E-state index contributed by atoms with van der Waals surface area (Å²) in [6.45, 7) is 3.73. The fraction of sp³-hybridized carbons (Fsp3) is 0.667. The van der Waals surface area contributed by atoms with E-state index in [9.17, 15) is 4.79 Å². The number of carbonyl (C=O) groups is 1. The SMILES string of the molecule is COc1cc(CCC(=O)N2CCN(C3CCCC3)CC2)cc(OC)c1OC. The minimum atomic E-state index is 0.231. The molecule has 3 rings (SSSR count). The average Bonchev–Trinajstić information content (AvgIpc) is 3.26. The molecule has 150 valence electrons. The largest absolute Gasteiger partial charge is 0.493 e. The molecule has 0 radical (unpaired) electrons. The Balaban J connectivity index is 1.53. The third-order valence-corrected chi connectivity index (χ3v) is 5.86. The smallest absolute Gasteiger partial charge is 0.222 e. The summed E-state index contributed by atoms with van der Waals surface area (Å²) in [5, 5.41) is 0. The van der Waals surface area contributed by atoms with E-state index in [1.165, 1.54) is 25.7 Å². The number of ether oxygens (including phenoxy) is 3. The molecular weight excluding hydrogens is 344 g/mol. The first-order valence-electron chi connectivity index (χ1n) is 9.97. The van der Waals surface area contributed by atoms with Crippen molar-refractivity contribution >= 4 is 5.91 Å². The van der Waals surface area contributed by atoms with Crippen molar-refractivity contribution in [3.8, 4) is 17.2 Å². The molecule has 0 atom stereocenters. The Morgan fingerprint density at radius 3 is 2.07 bits per heavy atom. The van der Waals surface area contributed by atoms with Gasteiger partial charge in [0.25, 0.3) is 0 Å². The van der Waals surface area contributed by atoms with Gasteiger partial charge in [0.15, 0.2) is 11.5 Å². The van der Waals surface area contributed by atoms with Gasteiger partial charge in [0.1, 0.15) is 0 Å². The van der Waals surface area contributed by atoms with E-state index in [1.807, 2.05) is 17.0 Å². The van der Waals surface area contributed by atoms with Crippen molar-refractivity contribution in [1.29, 1.82) is 0 Å². The molecule has 1 aliphatic heterocycles. The molecule has 1 amide bonds. The summed E-state index contributed by atoms with van der Waals surface area (Å²) in [5.41, 5.74) is 1.02. The molecule has 1 aliphatic carbocycles. The van der Waals surface area contributed by atoms with Gasteiger partial charge < -0.3 is 19.1 Å². The summed E-state index contributed by atoms with van der Waals surface area (Å²) in [7, 11) is 4.81. The van der Waals surface area contributed by atoms with Gasteiger partial charge >= 0.3 is 0 Å². The van der Waals surface area contributed by atoms with Crippen molar-refractivity contribution in [2.75, 3.05) is 47.5 Å². The van der Waals surface area contributed by atoms with E-state index in [4.69, 9.17) is 14.2 Å². The standard InChI is InChI=1S/C21H32N2O4/c1-25-18-14-16(15-19(26-2)21(18)27-3)8-9-20(24)23-12-10-22(11-13-23)17-6-4-5-7-17/h14-15,17H,4-13H2,1-3H3. The van der Waals surface area contributed by atoms with Gasteiger partial charge in [-0.05, 0) is 37.0 Å². The Labute approximate surface area is 162 Å². The molecule has 1 aromatic rings. The Morgan fingerprint density at radius 2 is 1.56 bits per heavy atom. The zero-order chi connectivity index (χ0) is 19.2. The van der Waals surface area contributed by atoms with Crippen molar-refractivity contribution in [2.24, 2.45) is 0 Å². The van der Waals surface area contributed by atoms with E-state index in [1.54, 1.807) is 21.3 Å². The molecule has 0 unspecified atom stereocenters. The molecule has 0 aromatic heterocycles. The van der Waals surface area contributed by atoms with Gasteiger partial charge in [0.05, 0.1) is 21.3 Å². The molecule has 2 aliphatic rings. The van der Waals surface area contributed by atoms with E-state index in [0.29, 0.717) is 30.1 Å². The van der Waals surface area contributed by atoms with Crippen molar-refractivity contribution in [1.82, 2.24) is 9.80 Å². The minimum Gasteiger partial charge on any atom is -0.493 e. The van der Waals surface area contributed by atoms with E-state index in [0.717, 1.165) is 37.8 Å². The van der Waals surface area contributed by atoms with Crippen molar-refractivity contribution < 1.29 is 19.0 Å². The maximum absolute atomic E-state index is 12.7. The molecule has 6 heteroatoms. The first-order chi connectivity index (χ1) is 13.2. The Bertz CT molecular complexity index is 610. The molecule has 1 saturated heterocycles. The highest BCUT2D eigenvalue weighted by Crippen LogP contribution is 2.38. The number of carbonyl (C=O) groups excluding carboxylic acids is 1. The predicted molar refractivity (Wildman–Crippen MR) is 105 cm³/mol. The van der Waals surface area contributed by atoms with Crippen LogP contribution in [0.3, 0.4) is 0 Å². The van der Waals surface area contributed by atoms with Gasteiger partial charge in [-0.2, -0.15) is 0 Å². The van der Waals surface area contributed by atoms with Gasteiger partial charge in [-0.3, -0.25) is 9.69 Å². The fourth-order valence-electron chi connectivity index (χ4n) is 4.29. The summed E-state index contributed by atoms with van der Waals surface area (Å²) in [5.74, 6) is 2.07. The van der Waals surface area contributed by atoms with E-state index < -0.39 is 0 Å². The highest BCUT2D eigenvalue weighted by molar-refractivity contribution is 5.76. The number of hydrogen-bond acceptors (Lipinski definition) is 5. The first kappa shape index (κ1) is 19.8. The quantitative estimate of drug-likeness (QED) is 0.732. The Morgan fingerprint density at radius 1 is 0.963 bits per heavy atom. The second kappa shape index (κ2) is 9.31. The summed E-state index contributed by atoms with van der Waals surface area (Å²) in [6.07, 6.45) is 6.54. The van der Waals surface area contributed by atoms with Crippen molar-refractivity contribution in [3.05, 3.63) is 17.7 Å². The van der Waals surface area contributed by atoms with Crippen LogP contribution in [0.1, 0.15) is 37.7 Å². The van der Waals surface area contributed by atoms with Crippen LogP contribution >= 0.6 is 0 Å². The predicted octanol–water partition coefficient (Wildman–Crippen LogP) is 2.73. The monoisotopic (exact) mass is 376 g/mol. The average molecular weight is 376 g/mol. The molecule has 0 spiro atoms. The van der Waals surface area contributed by atoms with Crippen LogP contribution in [0, 0.1) is 0 Å². The topological polar surface area (TPSA) is 51.2 Å². The molecule has 1 saturated carbocycles. The maximum atomic E-state index is 12.7. The molecule has 27 heavy (non-hydrogen) atoms. The molecule has 6 nitrogen and oxygen atoms in total. The lowest BCUT2D eigenvalue weighted by Gasteiger charge is -2.38. The van der Waals surface area contributed by atoms with Crippen LogP contribution < -0.4 is 14.2 Å². The number of aryl methyl sites for hydroxylation is 1. The van der Waals surface area contributed by atoms with Crippen LogP contribution in [-0.2, 0) is 11.2 Å². The number of rotatable bonds is 7. The van der Waals surface area contributed by atoms with Crippen molar-refractivity contribution in [3.63, 3.8) is 0 Å². The van der Waals surface area contributed by atoms with Crippen LogP contribution in [0.2, 0.25) is 0 Å². The highest BCUT2D eigenvalue weighted by atomic mass is 16.5. The number of hydrogen-bond donors (Lipinski definition) is 0. The highest BCUT2D eigenvalue weighted by Gasteiger charge is 2.27. The lowest BCUT2D eigenvalue weighted by atomic mass is 10.1. The van der Waals surface area contributed by atoms with Crippen LogP contribution in [0.25, 0.3) is 0 Å². The molecule has 0 N–H and O–H groups in total. The second-order valence-corrected chi connectivity index (χ2v) is 7.39. The lowest BCUT2D eigenvalue weighted by molar-refractivity contribution is -0.133. The maximum Gasteiger partial charge on any atom is 0.222 e. The Hall–Kier alpha value is -1.95. The summed E-state index contributed by atoms with van der Waals surface area (Å²) in [4.78, 5) is 17.2. The number of amides is 1. The molecular formula is C21H32N2O4. The fourth-order valence-corrected chi connectivity index (χ4v) is 4.29. The molecule has 1 heterocycles. The molecule has 1 aromatic carbocycles. The summed E-state index contributed by atoms with van der Waals surface area (Å²) < 4.78 is 16.2. The van der Waals surface area contributed by atoms with Crippen LogP contribution in [0.15, 0.2) is 12.1 Å². The zero-order valence-corrected chi connectivity index (χ0v) is 16.8.